The zero-order valence-electron chi connectivity index (χ0n) is 8.31. The summed E-state index contributed by atoms with van der Waals surface area (Å²) in [4.78, 5) is 12.6. The maximum absolute atomic E-state index is 11.8. The lowest BCUT2D eigenvalue weighted by molar-refractivity contribution is 0.0997. The Morgan fingerprint density at radius 2 is 1.88 bits per heavy atom. The second-order valence-corrected chi connectivity index (χ2v) is 5.83. The normalized spacial score (nSPS) is 10.3. The number of aromatic hydroxyl groups is 1. The van der Waals surface area contributed by atoms with Crippen LogP contribution in [0, 0.1) is 0 Å². The van der Waals surface area contributed by atoms with E-state index >= 15 is 0 Å². The highest BCUT2D eigenvalue weighted by molar-refractivity contribution is 9.11. The van der Waals surface area contributed by atoms with Crippen LogP contribution in [0.25, 0.3) is 0 Å². The Kier molecular flexibility index (Phi) is 3.41. The number of rotatable bonds is 3. The Labute approximate surface area is 106 Å². The van der Waals surface area contributed by atoms with E-state index in [0.717, 1.165) is 14.2 Å². The van der Waals surface area contributed by atoms with Crippen LogP contribution in [0.5, 0.6) is 5.75 Å². The number of carbonyl (C=O) groups is 1. The first kappa shape index (κ1) is 11.4. The van der Waals surface area contributed by atoms with Gasteiger partial charge in [-0.1, -0.05) is 12.1 Å². The molecule has 0 radical (unpaired) electrons. The molecule has 2 rings (SSSR count). The number of hydrogen-bond acceptors (Lipinski definition) is 3. The van der Waals surface area contributed by atoms with Crippen LogP contribution in [0.15, 0.2) is 40.2 Å². The van der Waals surface area contributed by atoms with Gasteiger partial charge in [0.05, 0.1) is 8.66 Å². The molecule has 82 valence electrons. The topological polar surface area (TPSA) is 37.3 Å². The number of thiophene rings is 1. The number of phenolic OH excluding ortho intramolecular Hbond substituents is 1. The third-order valence-corrected chi connectivity index (χ3v) is 3.81. The first-order valence-corrected chi connectivity index (χ1v) is 6.32. The van der Waals surface area contributed by atoms with Crippen molar-refractivity contribution in [3.8, 4) is 5.75 Å². The lowest BCUT2D eigenvalue weighted by Gasteiger charge is -1.99. The zero-order chi connectivity index (χ0) is 11.5. The van der Waals surface area contributed by atoms with Crippen molar-refractivity contribution in [3.05, 3.63) is 50.6 Å². The van der Waals surface area contributed by atoms with Gasteiger partial charge in [0, 0.05) is 6.42 Å². The summed E-state index contributed by atoms with van der Waals surface area (Å²) in [7, 11) is 0. The molecule has 0 aliphatic carbocycles. The minimum absolute atomic E-state index is 0.0985. The van der Waals surface area contributed by atoms with E-state index in [1.165, 1.54) is 11.3 Å². The molecule has 0 unspecified atom stereocenters. The number of benzene rings is 1. The summed E-state index contributed by atoms with van der Waals surface area (Å²) in [6, 6.07) is 10.4. The van der Waals surface area contributed by atoms with E-state index in [-0.39, 0.29) is 11.5 Å². The van der Waals surface area contributed by atoms with Crippen molar-refractivity contribution in [1.29, 1.82) is 0 Å². The van der Waals surface area contributed by atoms with Crippen LogP contribution in [0.3, 0.4) is 0 Å². The molecule has 0 aliphatic heterocycles. The van der Waals surface area contributed by atoms with E-state index in [1.807, 2.05) is 12.1 Å². The molecule has 0 aliphatic rings. The van der Waals surface area contributed by atoms with E-state index in [9.17, 15) is 4.79 Å². The molecule has 1 N–H and O–H groups in total. The SMILES string of the molecule is O=C(Cc1ccc(O)cc1)c1ccc(Br)s1. The highest BCUT2D eigenvalue weighted by Gasteiger charge is 2.09. The number of halogens is 1. The van der Waals surface area contributed by atoms with Gasteiger partial charge in [0.2, 0.25) is 0 Å². The summed E-state index contributed by atoms with van der Waals surface area (Å²) < 4.78 is 0.960. The van der Waals surface area contributed by atoms with Crippen LogP contribution in [0.4, 0.5) is 0 Å². The average Bonchev–Trinajstić information content (AvgIpc) is 2.68. The van der Waals surface area contributed by atoms with Gasteiger partial charge in [-0.15, -0.1) is 11.3 Å². The number of Topliss-reactive ketones (excluding diaryl/α,β-unsaturated/α-hetero) is 1. The van der Waals surface area contributed by atoms with E-state index in [4.69, 9.17) is 5.11 Å². The van der Waals surface area contributed by atoms with Gasteiger partial charge < -0.3 is 5.11 Å². The Hall–Kier alpha value is -1.13. The van der Waals surface area contributed by atoms with Gasteiger partial charge in [0.15, 0.2) is 5.78 Å². The summed E-state index contributed by atoms with van der Waals surface area (Å²) in [5.41, 5.74) is 0.910. The number of phenols is 1. The van der Waals surface area contributed by atoms with Crippen LogP contribution < -0.4 is 0 Å². The van der Waals surface area contributed by atoms with E-state index in [1.54, 1.807) is 24.3 Å². The molecule has 0 bridgehead atoms. The summed E-state index contributed by atoms with van der Waals surface area (Å²) in [5.74, 6) is 0.316. The monoisotopic (exact) mass is 296 g/mol. The Morgan fingerprint density at radius 1 is 1.19 bits per heavy atom. The molecule has 1 aromatic heterocycles. The third-order valence-electron chi connectivity index (χ3n) is 2.15. The van der Waals surface area contributed by atoms with Gasteiger partial charge in [-0.3, -0.25) is 4.79 Å². The average molecular weight is 297 g/mol. The predicted molar refractivity (Wildman–Crippen MR) is 68.2 cm³/mol. The zero-order valence-corrected chi connectivity index (χ0v) is 10.7. The molecule has 2 nitrogen and oxygen atoms in total. The van der Waals surface area contributed by atoms with Crippen molar-refractivity contribution in [3.63, 3.8) is 0 Å². The maximum atomic E-state index is 11.8. The molecule has 1 aromatic carbocycles. The van der Waals surface area contributed by atoms with Crippen molar-refractivity contribution in [2.75, 3.05) is 0 Å². The van der Waals surface area contributed by atoms with Crippen LogP contribution >= 0.6 is 27.3 Å². The summed E-state index contributed by atoms with van der Waals surface area (Å²) >= 11 is 4.76. The second-order valence-electron chi connectivity index (χ2n) is 3.37. The molecule has 0 atom stereocenters. The van der Waals surface area contributed by atoms with Crippen LogP contribution in [-0.2, 0) is 6.42 Å². The molecule has 0 spiro atoms. The van der Waals surface area contributed by atoms with Crippen molar-refractivity contribution in [2.24, 2.45) is 0 Å². The minimum Gasteiger partial charge on any atom is -0.508 e. The Bertz CT molecular complexity index is 502. The van der Waals surface area contributed by atoms with Crippen molar-refractivity contribution in [2.45, 2.75) is 6.42 Å². The van der Waals surface area contributed by atoms with E-state index < -0.39 is 0 Å². The number of hydrogen-bond donors (Lipinski definition) is 1. The molecule has 1 heterocycles. The van der Waals surface area contributed by atoms with Gasteiger partial charge in [-0.2, -0.15) is 0 Å². The van der Waals surface area contributed by atoms with Gasteiger partial charge in [0.25, 0.3) is 0 Å². The quantitative estimate of drug-likeness (QED) is 0.878. The standard InChI is InChI=1S/C12H9BrO2S/c13-12-6-5-11(16-12)10(15)7-8-1-3-9(14)4-2-8/h1-6,14H,7H2. The first-order valence-electron chi connectivity index (χ1n) is 4.71. The van der Waals surface area contributed by atoms with Crippen molar-refractivity contribution >= 4 is 33.0 Å². The van der Waals surface area contributed by atoms with Crippen LogP contribution in [-0.4, -0.2) is 10.9 Å². The van der Waals surface area contributed by atoms with Gasteiger partial charge in [-0.25, -0.2) is 0 Å². The molecule has 16 heavy (non-hydrogen) atoms. The molecule has 0 amide bonds. The van der Waals surface area contributed by atoms with Crippen molar-refractivity contribution in [1.82, 2.24) is 0 Å². The third kappa shape index (κ3) is 2.71. The lowest BCUT2D eigenvalue weighted by Crippen LogP contribution is -2.00. The number of ketones is 1. The second kappa shape index (κ2) is 4.80. The Balaban J connectivity index is 2.10. The fraction of sp³-hybridized carbons (Fsp3) is 0.0833. The highest BCUT2D eigenvalue weighted by Crippen LogP contribution is 2.23. The predicted octanol–water partition coefficient (Wildman–Crippen LogP) is 3.64. The van der Waals surface area contributed by atoms with Crippen molar-refractivity contribution < 1.29 is 9.90 Å². The first-order chi connectivity index (χ1) is 7.65. The Morgan fingerprint density at radius 3 is 2.44 bits per heavy atom. The van der Waals surface area contributed by atoms with Gasteiger partial charge in [-0.05, 0) is 45.8 Å². The fourth-order valence-electron chi connectivity index (χ4n) is 1.35. The molecule has 2 aromatic rings. The minimum atomic E-state index is 0.0985. The van der Waals surface area contributed by atoms with E-state index in [2.05, 4.69) is 15.9 Å². The molecule has 0 saturated carbocycles. The molecular formula is C12H9BrO2S. The summed E-state index contributed by atoms with van der Waals surface area (Å²) in [5, 5.41) is 9.12. The smallest absolute Gasteiger partial charge is 0.177 e. The summed E-state index contributed by atoms with van der Waals surface area (Å²) in [6.07, 6.45) is 0.368. The fourth-order valence-corrected chi connectivity index (χ4v) is 2.67. The number of carbonyl (C=O) groups excluding carboxylic acids is 1. The van der Waals surface area contributed by atoms with E-state index in [0.29, 0.717) is 6.42 Å². The molecule has 4 heteroatoms. The summed E-state index contributed by atoms with van der Waals surface area (Å²) in [6.45, 7) is 0. The highest BCUT2D eigenvalue weighted by atomic mass is 79.9. The maximum Gasteiger partial charge on any atom is 0.177 e. The van der Waals surface area contributed by atoms with Gasteiger partial charge in [0.1, 0.15) is 5.75 Å². The molecule has 0 saturated heterocycles. The molecule has 0 fully saturated rings. The lowest BCUT2D eigenvalue weighted by atomic mass is 10.1. The van der Waals surface area contributed by atoms with Crippen LogP contribution in [0.1, 0.15) is 15.2 Å². The molecular weight excluding hydrogens is 288 g/mol. The van der Waals surface area contributed by atoms with Gasteiger partial charge >= 0.3 is 0 Å². The largest absolute Gasteiger partial charge is 0.508 e. The van der Waals surface area contributed by atoms with Crippen LogP contribution in [0.2, 0.25) is 0 Å².